The fourth-order valence-electron chi connectivity index (χ4n) is 3.21. The number of halogens is 2. The Hall–Kier alpha value is -2.74. The molecule has 0 bridgehead atoms. The van der Waals surface area contributed by atoms with Gasteiger partial charge in [-0.15, -0.1) is 0 Å². The van der Waals surface area contributed by atoms with Crippen LogP contribution in [-0.2, 0) is 4.74 Å². The van der Waals surface area contributed by atoms with Crippen molar-refractivity contribution < 1.29 is 23.5 Å². The Morgan fingerprint density at radius 2 is 1.45 bits per heavy atom. The molecule has 3 rings (SSSR count). The van der Waals surface area contributed by atoms with E-state index in [2.05, 4.69) is 15.9 Å². The van der Waals surface area contributed by atoms with Gasteiger partial charge < -0.3 is 14.5 Å². The van der Waals surface area contributed by atoms with Crippen LogP contribution in [0.25, 0.3) is 0 Å². The first-order chi connectivity index (χ1) is 13.9. The van der Waals surface area contributed by atoms with Gasteiger partial charge in [-0.05, 0) is 64.8 Å². The minimum atomic E-state index is -0.529. The Morgan fingerprint density at radius 1 is 0.897 bits per heavy atom. The molecule has 1 heterocycles. The third kappa shape index (κ3) is 4.82. The number of amides is 2. The second-order valence-corrected chi connectivity index (χ2v) is 7.49. The highest BCUT2D eigenvalue weighted by atomic mass is 79.9. The third-order valence-electron chi connectivity index (χ3n) is 4.78. The average molecular weight is 463 g/mol. The summed E-state index contributed by atoms with van der Waals surface area (Å²) in [5, 5.41) is 0. The van der Waals surface area contributed by atoms with Crippen LogP contribution >= 0.6 is 15.9 Å². The maximum absolute atomic E-state index is 13.1. The van der Waals surface area contributed by atoms with Crippen LogP contribution in [-0.4, -0.2) is 60.9 Å². The van der Waals surface area contributed by atoms with E-state index in [0.717, 1.165) is 0 Å². The molecule has 152 valence electrons. The van der Waals surface area contributed by atoms with Crippen molar-refractivity contribution in [3.05, 3.63) is 69.4 Å². The van der Waals surface area contributed by atoms with Crippen LogP contribution in [0.3, 0.4) is 0 Å². The summed E-state index contributed by atoms with van der Waals surface area (Å²) in [6.45, 7) is 1.75. The molecule has 0 spiro atoms. The van der Waals surface area contributed by atoms with Crippen LogP contribution in [0.5, 0.6) is 0 Å². The first kappa shape index (κ1) is 21.0. The highest BCUT2D eigenvalue weighted by Crippen LogP contribution is 2.21. The molecule has 1 aliphatic heterocycles. The van der Waals surface area contributed by atoms with Crippen LogP contribution in [0.4, 0.5) is 4.39 Å². The fourth-order valence-corrected chi connectivity index (χ4v) is 3.61. The van der Waals surface area contributed by atoms with E-state index in [1.807, 2.05) is 0 Å². The summed E-state index contributed by atoms with van der Waals surface area (Å²) >= 11 is 3.29. The molecule has 0 unspecified atom stereocenters. The summed E-state index contributed by atoms with van der Waals surface area (Å²) < 4.78 is 18.4. The third-order valence-corrected chi connectivity index (χ3v) is 5.47. The molecule has 0 aliphatic carbocycles. The minimum absolute atomic E-state index is 0.184. The average Bonchev–Trinajstić information content (AvgIpc) is 2.99. The van der Waals surface area contributed by atoms with E-state index in [9.17, 15) is 18.8 Å². The summed E-state index contributed by atoms with van der Waals surface area (Å²) in [5.74, 6) is -1.32. The molecule has 29 heavy (non-hydrogen) atoms. The number of methoxy groups -OCH3 is 1. The van der Waals surface area contributed by atoms with Crippen molar-refractivity contribution in [2.75, 3.05) is 33.3 Å². The van der Waals surface area contributed by atoms with Gasteiger partial charge in [0, 0.05) is 41.8 Å². The van der Waals surface area contributed by atoms with Crippen molar-refractivity contribution in [2.24, 2.45) is 0 Å². The van der Waals surface area contributed by atoms with Crippen LogP contribution < -0.4 is 0 Å². The van der Waals surface area contributed by atoms with Crippen molar-refractivity contribution in [3.63, 3.8) is 0 Å². The standard InChI is InChI=1S/C21H20BrFN2O4/c1-29-21(28)17-13-15(5-8-18(17)22)20(27)25-10-2-9-24(11-12-25)19(26)14-3-6-16(23)7-4-14/h3-8,13H,2,9-12H2,1H3. The number of ether oxygens (including phenoxy) is 1. The monoisotopic (exact) mass is 462 g/mol. The number of hydrogen-bond acceptors (Lipinski definition) is 4. The lowest BCUT2D eigenvalue weighted by atomic mass is 10.1. The first-order valence-electron chi connectivity index (χ1n) is 9.12. The molecule has 1 fully saturated rings. The van der Waals surface area contributed by atoms with Crippen molar-refractivity contribution >= 4 is 33.7 Å². The largest absolute Gasteiger partial charge is 0.465 e. The lowest BCUT2D eigenvalue weighted by Gasteiger charge is -2.22. The van der Waals surface area contributed by atoms with E-state index in [1.165, 1.54) is 37.4 Å². The summed E-state index contributed by atoms with van der Waals surface area (Å²) in [5.41, 5.74) is 1.08. The number of rotatable bonds is 3. The predicted octanol–water partition coefficient (Wildman–Crippen LogP) is 3.36. The van der Waals surface area contributed by atoms with Crippen molar-refractivity contribution in [1.82, 2.24) is 9.80 Å². The molecule has 1 saturated heterocycles. The van der Waals surface area contributed by atoms with Gasteiger partial charge in [0.2, 0.25) is 0 Å². The molecule has 0 radical (unpaired) electrons. The van der Waals surface area contributed by atoms with Crippen LogP contribution in [0, 0.1) is 5.82 Å². The first-order valence-corrected chi connectivity index (χ1v) is 9.92. The second-order valence-electron chi connectivity index (χ2n) is 6.63. The van der Waals surface area contributed by atoms with Crippen molar-refractivity contribution in [3.8, 4) is 0 Å². The van der Waals surface area contributed by atoms with Crippen molar-refractivity contribution in [2.45, 2.75) is 6.42 Å². The van der Waals surface area contributed by atoms with Crippen LogP contribution in [0.2, 0.25) is 0 Å². The zero-order chi connectivity index (χ0) is 21.0. The second kappa shape index (κ2) is 9.17. The van der Waals surface area contributed by atoms with E-state index in [-0.39, 0.29) is 17.4 Å². The molecule has 2 amide bonds. The Balaban J connectivity index is 1.70. The normalized spacial score (nSPS) is 14.3. The topological polar surface area (TPSA) is 66.9 Å². The van der Waals surface area contributed by atoms with Gasteiger partial charge in [-0.2, -0.15) is 0 Å². The van der Waals surface area contributed by atoms with Gasteiger partial charge in [0.25, 0.3) is 11.8 Å². The number of hydrogen-bond donors (Lipinski definition) is 0. The quantitative estimate of drug-likeness (QED) is 0.655. The molecule has 6 nitrogen and oxygen atoms in total. The van der Waals surface area contributed by atoms with Gasteiger partial charge in [-0.3, -0.25) is 9.59 Å². The van der Waals surface area contributed by atoms with Gasteiger partial charge in [-0.25, -0.2) is 9.18 Å². The lowest BCUT2D eigenvalue weighted by Crippen LogP contribution is -2.37. The van der Waals surface area contributed by atoms with Crippen molar-refractivity contribution in [1.29, 1.82) is 0 Å². The summed E-state index contributed by atoms with van der Waals surface area (Å²) in [6.07, 6.45) is 0.624. The number of carbonyl (C=O) groups excluding carboxylic acids is 3. The highest BCUT2D eigenvalue weighted by molar-refractivity contribution is 9.10. The van der Waals surface area contributed by atoms with E-state index in [1.54, 1.807) is 21.9 Å². The summed E-state index contributed by atoms with van der Waals surface area (Å²) in [4.78, 5) is 40.8. The molecular formula is C21H20BrFN2O4. The smallest absolute Gasteiger partial charge is 0.339 e. The fraction of sp³-hybridized carbons (Fsp3) is 0.286. The molecule has 0 N–H and O–H groups in total. The maximum atomic E-state index is 13.1. The molecule has 1 aliphatic rings. The lowest BCUT2D eigenvalue weighted by molar-refractivity contribution is 0.0599. The number of esters is 1. The Bertz CT molecular complexity index is 933. The van der Waals surface area contributed by atoms with E-state index in [4.69, 9.17) is 4.74 Å². The molecule has 2 aromatic rings. The van der Waals surface area contributed by atoms with Gasteiger partial charge in [0.05, 0.1) is 12.7 Å². The SMILES string of the molecule is COC(=O)c1cc(C(=O)N2CCCN(C(=O)c3ccc(F)cc3)CC2)ccc1Br. The molecule has 0 saturated carbocycles. The molecule has 8 heteroatoms. The van der Waals surface area contributed by atoms with E-state index >= 15 is 0 Å². The van der Waals surface area contributed by atoms with Crippen LogP contribution in [0.1, 0.15) is 37.5 Å². The van der Waals surface area contributed by atoms with Gasteiger partial charge in [0.1, 0.15) is 5.82 Å². The molecule has 0 atom stereocenters. The minimum Gasteiger partial charge on any atom is -0.465 e. The number of carbonyl (C=O) groups is 3. The van der Waals surface area contributed by atoms with E-state index in [0.29, 0.717) is 48.2 Å². The van der Waals surface area contributed by atoms with E-state index < -0.39 is 11.8 Å². The Labute approximate surface area is 176 Å². The van der Waals surface area contributed by atoms with Gasteiger partial charge in [-0.1, -0.05) is 0 Å². The predicted molar refractivity (Wildman–Crippen MR) is 108 cm³/mol. The summed E-state index contributed by atoms with van der Waals surface area (Å²) in [7, 11) is 1.28. The summed E-state index contributed by atoms with van der Waals surface area (Å²) in [6, 6.07) is 10.2. The maximum Gasteiger partial charge on any atom is 0.339 e. The molecular weight excluding hydrogens is 443 g/mol. The molecule has 0 aromatic heterocycles. The zero-order valence-corrected chi connectivity index (χ0v) is 17.4. The number of benzene rings is 2. The van der Waals surface area contributed by atoms with Gasteiger partial charge >= 0.3 is 5.97 Å². The van der Waals surface area contributed by atoms with Crippen LogP contribution in [0.15, 0.2) is 46.9 Å². The Morgan fingerprint density at radius 3 is 2.03 bits per heavy atom. The number of nitrogens with zero attached hydrogens (tertiary/aromatic N) is 2. The Kier molecular flexibility index (Phi) is 6.64. The highest BCUT2D eigenvalue weighted by Gasteiger charge is 2.24. The van der Waals surface area contributed by atoms with Gasteiger partial charge in [0.15, 0.2) is 0 Å². The molecule has 2 aromatic carbocycles. The zero-order valence-electron chi connectivity index (χ0n) is 15.9.